The Morgan fingerprint density at radius 2 is 1.72 bits per heavy atom. The largest absolute Gasteiger partial charge is 0.507 e. The van der Waals surface area contributed by atoms with E-state index in [9.17, 15) is 13.5 Å². The fourth-order valence-electron chi connectivity index (χ4n) is 4.46. The molecule has 2 N–H and O–H groups in total. The molecular formula is C21H25N2O5S+. The Balaban J connectivity index is 1.26. The molecule has 0 bridgehead atoms. The van der Waals surface area contributed by atoms with Crippen molar-refractivity contribution in [2.45, 2.75) is 30.7 Å². The third kappa shape index (κ3) is 3.45. The van der Waals surface area contributed by atoms with E-state index >= 15 is 0 Å². The van der Waals surface area contributed by atoms with E-state index in [4.69, 9.17) is 9.47 Å². The minimum absolute atomic E-state index is 0.171. The predicted octanol–water partition coefficient (Wildman–Crippen LogP) is 0.699. The van der Waals surface area contributed by atoms with Gasteiger partial charge in [0.15, 0.2) is 11.5 Å². The lowest BCUT2D eigenvalue weighted by atomic mass is 10.1. The zero-order valence-electron chi connectivity index (χ0n) is 16.2. The number of aromatic hydroxyl groups is 1. The molecule has 2 aliphatic heterocycles. The first-order valence-electron chi connectivity index (χ1n) is 10.1. The van der Waals surface area contributed by atoms with Gasteiger partial charge in [-0.2, -0.15) is 4.31 Å². The van der Waals surface area contributed by atoms with Gasteiger partial charge in [0.25, 0.3) is 0 Å². The molecule has 2 aromatic carbocycles. The summed E-state index contributed by atoms with van der Waals surface area (Å²) in [5.41, 5.74) is 3.24. The molecule has 0 unspecified atom stereocenters. The number of piperazine rings is 1. The average Bonchev–Trinajstić information content (AvgIpc) is 3.37. The summed E-state index contributed by atoms with van der Waals surface area (Å²) in [6, 6.07) is 8.99. The van der Waals surface area contributed by atoms with Crippen LogP contribution in [0.5, 0.6) is 17.2 Å². The molecule has 1 fully saturated rings. The highest BCUT2D eigenvalue weighted by atomic mass is 32.2. The molecule has 8 heteroatoms. The molecule has 2 heterocycles. The molecule has 0 saturated carbocycles. The van der Waals surface area contributed by atoms with Gasteiger partial charge in [-0.05, 0) is 48.6 Å². The molecule has 29 heavy (non-hydrogen) atoms. The molecule has 2 aromatic rings. The number of phenolic OH excluding ortho intramolecular Hbond substituents is 1. The van der Waals surface area contributed by atoms with E-state index < -0.39 is 10.0 Å². The van der Waals surface area contributed by atoms with Crippen LogP contribution in [0.2, 0.25) is 0 Å². The Kier molecular flexibility index (Phi) is 4.64. The van der Waals surface area contributed by atoms with Crippen molar-refractivity contribution >= 4 is 10.0 Å². The van der Waals surface area contributed by atoms with Crippen molar-refractivity contribution in [2.75, 3.05) is 33.0 Å². The normalized spacial score (nSPS) is 19.4. The van der Waals surface area contributed by atoms with Crippen LogP contribution in [0, 0.1) is 0 Å². The van der Waals surface area contributed by atoms with E-state index in [1.54, 1.807) is 16.4 Å². The highest BCUT2D eigenvalue weighted by Gasteiger charge is 2.31. The van der Waals surface area contributed by atoms with Gasteiger partial charge >= 0.3 is 0 Å². The molecule has 0 radical (unpaired) electrons. The maximum atomic E-state index is 13.1. The summed E-state index contributed by atoms with van der Waals surface area (Å²) < 4.78 is 38.4. The topological polar surface area (TPSA) is 80.5 Å². The molecule has 1 aliphatic carbocycles. The number of quaternary nitrogens is 1. The Morgan fingerprint density at radius 3 is 2.52 bits per heavy atom. The average molecular weight is 418 g/mol. The number of nitrogens with zero attached hydrogens (tertiary/aromatic N) is 1. The monoisotopic (exact) mass is 417 g/mol. The standard InChI is InChI=1S/C21H24N2O5S/c24-19-12-21-20(27-14-28-21)11-17(19)13-22-6-8-23(9-7-22)29(25,26)18-5-4-15-2-1-3-16(15)10-18/h4-5,10-12,24H,1-3,6-9,13-14H2/p+1. The number of aryl methyl sites for hydroxylation is 2. The van der Waals surface area contributed by atoms with Gasteiger partial charge in [0.2, 0.25) is 16.8 Å². The van der Waals surface area contributed by atoms with Crippen molar-refractivity contribution in [2.24, 2.45) is 0 Å². The summed E-state index contributed by atoms with van der Waals surface area (Å²) in [4.78, 5) is 1.65. The number of rotatable bonds is 4. The van der Waals surface area contributed by atoms with Gasteiger partial charge in [-0.3, -0.25) is 0 Å². The Morgan fingerprint density at radius 1 is 1.00 bits per heavy atom. The second-order valence-electron chi connectivity index (χ2n) is 7.95. The van der Waals surface area contributed by atoms with Gasteiger partial charge in [-0.15, -0.1) is 0 Å². The smallest absolute Gasteiger partial charge is 0.243 e. The number of fused-ring (bicyclic) bond motifs is 2. The molecule has 0 spiro atoms. The van der Waals surface area contributed by atoms with Gasteiger partial charge in [0.05, 0.1) is 36.6 Å². The van der Waals surface area contributed by atoms with Crippen LogP contribution in [0.1, 0.15) is 23.1 Å². The van der Waals surface area contributed by atoms with Crippen LogP contribution < -0.4 is 14.4 Å². The van der Waals surface area contributed by atoms with Crippen LogP contribution in [0.4, 0.5) is 0 Å². The molecule has 0 aromatic heterocycles. The maximum absolute atomic E-state index is 13.1. The zero-order valence-corrected chi connectivity index (χ0v) is 17.0. The third-order valence-electron chi connectivity index (χ3n) is 6.15. The van der Waals surface area contributed by atoms with Gasteiger partial charge < -0.3 is 19.5 Å². The second kappa shape index (κ2) is 7.19. The highest BCUT2D eigenvalue weighted by molar-refractivity contribution is 7.89. The number of hydrogen-bond donors (Lipinski definition) is 2. The van der Waals surface area contributed by atoms with E-state index in [1.807, 2.05) is 18.2 Å². The van der Waals surface area contributed by atoms with Crippen molar-refractivity contribution in [1.82, 2.24) is 4.31 Å². The van der Waals surface area contributed by atoms with Crippen molar-refractivity contribution in [3.8, 4) is 17.2 Å². The van der Waals surface area contributed by atoms with Crippen molar-refractivity contribution in [3.63, 3.8) is 0 Å². The lowest BCUT2D eigenvalue weighted by Gasteiger charge is -2.31. The Bertz CT molecular complexity index is 1050. The van der Waals surface area contributed by atoms with Crippen LogP contribution in [0.25, 0.3) is 0 Å². The molecule has 154 valence electrons. The first kappa shape index (κ1) is 18.7. The third-order valence-corrected chi connectivity index (χ3v) is 8.05. The summed E-state index contributed by atoms with van der Waals surface area (Å²) in [6.45, 7) is 3.12. The number of sulfonamides is 1. The quantitative estimate of drug-likeness (QED) is 0.766. The summed E-state index contributed by atoms with van der Waals surface area (Å²) in [7, 11) is -3.46. The lowest BCUT2D eigenvalue weighted by molar-refractivity contribution is -0.917. The molecule has 1 saturated heterocycles. The molecule has 0 amide bonds. The number of nitrogens with one attached hydrogen (secondary N) is 1. The first-order chi connectivity index (χ1) is 14.0. The van der Waals surface area contributed by atoms with Gasteiger partial charge in [-0.25, -0.2) is 8.42 Å². The van der Waals surface area contributed by atoms with Crippen molar-refractivity contribution in [3.05, 3.63) is 47.0 Å². The summed E-state index contributed by atoms with van der Waals surface area (Å²) >= 11 is 0. The Labute approximate surface area is 170 Å². The van der Waals surface area contributed by atoms with E-state index in [-0.39, 0.29) is 12.5 Å². The molecular weight excluding hydrogens is 392 g/mol. The predicted molar refractivity (Wildman–Crippen MR) is 106 cm³/mol. The van der Waals surface area contributed by atoms with Crippen LogP contribution in [-0.4, -0.2) is 50.8 Å². The Hall–Kier alpha value is -2.29. The molecule has 0 atom stereocenters. The van der Waals surface area contributed by atoms with Crippen molar-refractivity contribution in [1.29, 1.82) is 0 Å². The fourth-order valence-corrected chi connectivity index (χ4v) is 5.95. The van der Waals surface area contributed by atoms with E-state index in [0.717, 1.165) is 24.8 Å². The van der Waals surface area contributed by atoms with Gasteiger partial charge in [-0.1, -0.05) is 6.07 Å². The van der Waals surface area contributed by atoms with E-state index in [1.165, 1.54) is 16.0 Å². The molecule has 7 nitrogen and oxygen atoms in total. The SMILES string of the molecule is O=S(=O)(c1ccc2c(c1)CCC2)N1CC[NH+](Cc2cc3c(cc2O)OCO3)CC1. The number of ether oxygens (including phenoxy) is 2. The zero-order chi connectivity index (χ0) is 20.0. The van der Waals surface area contributed by atoms with Gasteiger partial charge in [0, 0.05) is 6.07 Å². The lowest BCUT2D eigenvalue weighted by Crippen LogP contribution is -3.13. The minimum Gasteiger partial charge on any atom is -0.507 e. The molecule has 5 rings (SSSR count). The second-order valence-corrected chi connectivity index (χ2v) is 9.89. The van der Waals surface area contributed by atoms with Crippen LogP contribution >= 0.6 is 0 Å². The first-order valence-corrected chi connectivity index (χ1v) is 11.5. The van der Waals surface area contributed by atoms with Gasteiger partial charge in [0.1, 0.15) is 12.3 Å². The van der Waals surface area contributed by atoms with Crippen LogP contribution in [-0.2, 0) is 29.4 Å². The van der Waals surface area contributed by atoms with E-state index in [0.29, 0.717) is 49.1 Å². The van der Waals surface area contributed by atoms with Crippen molar-refractivity contribution < 1.29 is 27.9 Å². The minimum atomic E-state index is -3.46. The summed E-state index contributed by atoms with van der Waals surface area (Å²) in [5, 5.41) is 10.3. The van der Waals surface area contributed by atoms with Crippen LogP contribution in [0.3, 0.4) is 0 Å². The fraction of sp³-hybridized carbons (Fsp3) is 0.429. The maximum Gasteiger partial charge on any atom is 0.243 e. The summed E-state index contributed by atoms with van der Waals surface area (Å²) in [6.07, 6.45) is 3.12. The highest BCUT2D eigenvalue weighted by Crippen LogP contribution is 2.37. The van der Waals surface area contributed by atoms with E-state index in [2.05, 4.69) is 0 Å². The summed E-state index contributed by atoms with van der Waals surface area (Å²) in [5.74, 6) is 1.40. The van der Waals surface area contributed by atoms with Crippen LogP contribution in [0.15, 0.2) is 35.2 Å². The number of benzene rings is 2. The molecule has 3 aliphatic rings. The number of phenols is 1. The number of hydrogen-bond acceptors (Lipinski definition) is 5.